The standard InChI is InChI=1S/C31H22O/c1-31(2)25-13-5-3-11-23(25)30-21(12-8-14-26(30)31)20-17-19-9-7-16-28-29(19)24(18-20)22-10-4-6-15-27(22)32-28/h3-18H,1-2H3. The van der Waals surface area contributed by atoms with E-state index in [-0.39, 0.29) is 5.41 Å². The molecule has 0 amide bonds. The summed E-state index contributed by atoms with van der Waals surface area (Å²) in [5.41, 5.74) is 10.5. The number of hydrogen-bond acceptors (Lipinski definition) is 1. The van der Waals surface area contributed by atoms with Gasteiger partial charge in [-0.2, -0.15) is 0 Å². The highest BCUT2D eigenvalue weighted by Gasteiger charge is 2.36. The quantitative estimate of drug-likeness (QED) is 0.264. The number of para-hydroxylation sites is 1. The van der Waals surface area contributed by atoms with Crippen LogP contribution in [0.4, 0.5) is 0 Å². The first-order valence-corrected chi connectivity index (χ1v) is 11.2. The number of benzene rings is 5. The van der Waals surface area contributed by atoms with E-state index in [1.807, 2.05) is 6.07 Å². The van der Waals surface area contributed by atoms with Gasteiger partial charge in [-0.25, -0.2) is 0 Å². The van der Waals surface area contributed by atoms with Crippen molar-refractivity contribution in [2.45, 2.75) is 19.3 Å². The zero-order valence-electron chi connectivity index (χ0n) is 18.1. The van der Waals surface area contributed by atoms with Gasteiger partial charge in [0.15, 0.2) is 0 Å². The molecule has 0 radical (unpaired) electrons. The molecule has 0 spiro atoms. The molecular weight excluding hydrogens is 388 g/mol. The Bertz CT molecular complexity index is 1570. The van der Waals surface area contributed by atoms with Crippen molar-refractivity contribution in [2.75, 3.05) is 0 Å². The minimum atomic E-state index is 0.000656. The van der Waals surface area contributed by atoms with Crippen LogP contribution in [0.5, 0.6) is 11.5 Å². The van der Waals surface area contributed by atoms with Crippen molar-refractivity contribution in [3.63, 3.8) is 0 Å². The molecule has 1 heterocycles. The van der Waals surface area contributed by atoms with Gasteiger partial charge in [0.1, 0.15) is 11.5 Å². The molecule has 0 atom stereocenters. The smallest absolute Gasteiger partial charge is 0.135 e. The predicted octanol–water partition coefficient (Wildman–Crippen LogP) is 8.59. The summed E-state index contributed by atoms with van der Waals surface area (Å²) in [6.07, 6.45) is 0. The number of hydrogen-bond donors (Lipinski definition) is 0. The van der Waals surface area contributed by atoms with Crippen LogP contribution in [-0.2, 0) is 5.41 Å². The van der Waals surface area contributed by atoms with Crippen molar-refractivity contribution >= 4 is 10.8 Å². The predicted molar refractivity (Wildman–Crippen MR) is 132 cm³/mol. The van der Waals surface area contributed by atoms with Crippen molar-refractivity contribution in [2.24, 2.45) is 0 Å². The molecule has 5 aromatic rings. The van der Waals surface area contributed by atoms with Crippen LogP contribution in [0.2, 0.25) is 0 Å². The van der Waals surface area contributed by atoms with E-state index in [2.05, 4.69) is 105 Å². The molecule has 152 valence electrons. The third-order valence-corrected chi connectivity index (χ3v) is 7.25. The molecule has 1 heteroatoms. The maximum absolute atomic E-state index is 6.24. The number of rotatable bonds is 1. The topological polar surface area (TPSA) is 9.23 Å². The van der Waals surface area contributed by atoms with Crippen molar-refractivity contribution in [3.8, 4) is 44.9 Å². The zero-order valence-corrected chi connectivity index (χ0v) is 18.1. The molecule has 5 aromatic carbocycles. The molecule has 0 saturated heterocycles. The van der Waals surface area contributed by atoms with E-state index in [0.29, 0.717) is 0 Å². The second-order valence-electron chi connectivity index (χ2n) is 9.38. The first-order valence-electron chi connectivity index (χ1n) is 11.2. The SMILES string of the molecule is CC1(C)c2ccccc2-c2c(-c3cc4c5c(cccc5c3)Oc3ccccc3-4)cccc21. The van der Waals surface area contributed by atoms with Crippen molar-refractivity contribution < 1.29 is 4.74 Å². The van der Waals surface area contributed by atoms with Gasteiger partial charge in [0, 0.05) is 16.4 Å². The number of ether oxygens (including phenoxy) is 1. The second-order valence-corrected chi connectivity index (χ2v) is 9.38. The van der Waals surface area contributed by atoms with E-state index < -0.39 is 0 Å². The fourth-order valence-electron chi connectivity index (χ4n) is 5.74. The van der Waals surface area contributed by atoms with Gasteiger partial charge in [-0.05, 0) is 68.6 Å². The molecular formula is C31H22O. The molecule has 1 nitrogen and oxygen atoms in total. The van der Waals surface area contributed by atoms with Crippen LogP contribution in [0, 0.1) is 0 Å². The normalized spacial score (nSPS) is 14.4. The molecule has 32 heavy (non-hydrogen) atoms. The second kappa shape index (κ2) is 6.11. The monoisotopic (exact) mass is 410 g/mol. The van der Waals surface area contributed by atoms with Gasteiger partial charge in [-0.15, -0.1) is 0 Å². The van der Waals surface area contributed by atoms with Crippen LogP contribution in [0.3, 0.4) is 0 Å². The lowest BCUT2D eigenvalue weighted by atomic mass is 9.81. The van der Waals surface area contributed by atoms with Crippen LogP contribution < -0.4 is 4.74 Å². The Hall–Kier alpha value is -3.84. The van der Waals surface area contributed by atoms with Crippen LogP contribution in [0.25, 0.3) is 44.2 Å². The molecule has 7 rings (SSSR count). The first-order chi connectivity index (χ1) is 15.6. The van der Waals surface area contributed by atoms with Crippen LogP contribution in [0.1, 0.15) is 25.0 Å². The van der Waals surface area contributed by atoms with Gasteiger partial charge in [0.05, 0.1) is 0 Å². The molecule has 0 bridgehead atoms. The molecule has 1 aliphatic heterocycles. The summed E-state index contributed by atoms with van der Waals surface area (Å²) in [4.78, 5) is 0. The maximum Gasteiger partial charge on any atom is 0.135 e. The highest BCUT2D eigenvalue weighted by Crippen LogP contribution is 2.53. The molecule has 0 N–H and O–H groups in total. The van der Waals surface area contributed by atoms with Crippen molar-refractivity contribution in [3.05, 3.63) is 108 Å². The molecule has 0 aromatic heterocycles. The Morgan fingerprint density at radius 1 is 0.562 bits per heavy atom. The summed E-state index contributed by atoms with van der Waals surface area (Å²) in [6, 6.07) is 35.1. The highest BCUT2D eigenvalue weighted by atomic mass is 16.5. The van der Waals surface area contributed by atoms with Gasteiger partial charge in [-0.3, -0.25) is 0 Å². The molecule has 1 aliphatic carbocycles. The van der Waals surface area contributed by atoms with Gasteiger partial charge in [-0.1, -0.05) is 86.6 Å². The summed E-state index contributed by atoms with van der Waals surface area (Å²) in [5, 5.41) is 2.41. The third kappa shape index (κ3) is 2.23. The fraction of sp³-hybridized carbons (Fsp3) is 0.0968. The Balaban J connectivity index is 1.57. The molecule has 2 aliphatic rings. The van der Waals surface area contributed by atoms with Crippen molar-refractivity contribution in [1.29, 1.82) is 0 Å². The summed E-state index contributed by atoms with van der Waals surface area (Å²) >= 11 is 0. The van der Waals surface area contributed by atoms with E-state index in [1.165, 1.54) is 49.7 Å². The summed E-state index contributed by atoms with van der Waals surface area (Å²) < 4.78 is 6.24. The molecule has 0 unspecified atom stereocenters. The molecule has 0 saturated carbocycles. The first kappa shape index (κ1) is 17.8. The van der Waals surface area contributed by atoms with E-state index in [1.54, 1.807) is 0 Å². The lowest BCUT2D eigenvalue weighted by Crippen LogP contribution is -2.14. The van der Waals surface area contributed by atoms with E-state index >= 15 is 0 Å². The summed E-state index contributed by atoms with van der Waals surface area (Å²) in [7, 11) is 0. The van der Waals surface area contributed by atoms with E-state index in [9.17, 15) is 0 Å². The minimum Gasteiger partial charge on any atom is -0.456 e. The Labute approximate surface area is 187 Å². The van der Waals surface area contributed by atoms with E-state index in [0.717, 1.165) is 17.1 Å². The third-order valence-electron chi connectivity index (χ3n) is 7.25. The Morgan fingerprint density at radius 2 is 1.25 bits per heavy atom. The molecule has 0 fully saturated rings. The average Bonchev–Trinajstić information content (AvgIpc) is 3.06. The van der Waals surface area contributed by atoms with Gasteiger partial charge < -0.3 is 4.74 Å². The number of fused-ring (bicyclic) bond motifs is 5. The Kier molecular flexibility index (Phi) is 3.40. The highest BCUT2D eigenvalue weighted by molar-refractivity contribution is 6.07. The lowest BCUT2D eigenvalue weighted by Gasteiger charge is -2.23. The summed E-state index contributed by atoms with van der Waals surface area (Å²) in [5.74, 6) is 1.86. The van der Waals surface area contributed by atoms with Gasteiger partial charge >= 0.3 is 0 Å². The van der Waals surface area contributed by atoms with Gasteiger partial charge in [0.25, 0.3) is 0 Å². The zero-order chi connectivity index (χ0) is 21.4. The Morgan fingerprint density at radius 3 is 2.16 bits per heavy atom. The van der Waals surface area contributed by atoms with Crippen LogP contribution in [-0.4, -0.2) is 0 Å². The largest absolute Gasteiger partial charge is 0.456 e. The lowest BCUT2D eigenvalue weighted by molar-refractivity contribution is 0.487. The van der Waals surface area contributed by atoms with Gasteiger partial charge in [0.2, 0.25) is 0 Å². The van der Waals surface area contributed by atoms with Crippen LogP contribution >= 0.6 is 0 Å². The summed E-state index contributed by atoms with van der Waals surface area (Å²) in [6.45, 7) is 4.68. The van der Waals surface area contributed by atoms with E-state index in [4.69, 9.17) is 4.74 Å². The van der Waals surface area contributed by atoms with Crippen molar-refractivity contribution in [1.82, 2.24) is 0 Å². The van der Waals surface area contributed by atoms with Crippen LogP contribution in [0.15, 0.2) is 97.1 Å². The average molecular weight is 411 g/mol. The minimum absolute atomic E-state index is 0.000656. The maximum atomic E-state index is 6.24. The fourth-order valence-corrected chi connectivity index (χ4v) is 5.74.